The van der Waals surface area contributed by atoms with Gasteiger partial charge in [-0.05, 0) is 18.4 Å². The molecule has 0 saturated heterocycles. The number of aliphatic imine (C=N–C) groups is 2. The molecule has 1 unspecified atom stereocenters. The van der Waals surface area contributed by atoms with Crippen LogP contribution in [0.4, 0.5) is 20.2 Å². The van der Waals surface area contributed by atoms with Crippen LogP contribution >= 0.6 is 11.8 Å². The summed E-state index contributed by atoms with van der Waals surface area (Å²) in [6.07, 6.45) is 6.21. The molecule has 0 radical (unpaired) electrons. The topological polar surface area (TPSA) is 50.7 Å². The van der Waals surface area contributed by atoms with Crippen LogP contribution in [0.15, 0.2) is 45.4 Å². The Balaban J connectivity index is 0.000000960. The zero-order valence-electron chi connectivity index (χ0n) is 12.3. The minimum absolute atomic E-state index is 0. The molecule has 0 saturated carbocycles. The van der Waals surface area contributed by atoms with E-state index in [9.17, 15) is 8.78 Å². The molecule has 1 aliphatic carbocycles. The Bertz CT molecular complexity index is 789. The fraction of sp³-hybridized carbons (Fsp3) is 0.200. The van der Waals surface area contributed by atoms with Crippen molar-refractivity contribution in [3.8, 4) is 0 Å². The highest BCUT2D eigenvalue weighted by Gasteiger charge is 2.34. The Morgan fingerprint density at radius 1 is 1.18 bits per heavy atom. The van der Waals surface area contributed by atoms with Crippen LogP contribution in [0.25, 0.3) is 0 Å². The van der Waals surface area contributed by atoms with Crippen LogP contribution in [-0.4, -0.2) is 16.1 Å². The van der Waals surface area contributed by atoms with Gasteiger partial charge in [-0.2, -0.15) is 0 Å². The van der Waals surface area contributed by atoms with Gasteiger partial charge in [-0.3, -0.25) is 0 Å². The largest absolute Gasteiger partial charge is 1.00 e. The first kappa shape index (κ1) is 15.2. The zero-order valence-corrected chi connectivity index (χ0v) is 12.9. The second-order valence-corrected chi connectivity index (χ2v) is 6.28. The number of amidine groups is 1. The van der Waals surface area contributed by atoms with Gasteiger partial charge in [0.15, 0.2) is 11.6 Å². The summed E-state index contributed by atoms with van der Waals surface area (Å²) < 4.78 is 26.8. The highest BCUT2D eigenvalue weighted by Crippen LogP contribution is 2.44. The maximum Gasteiger partial charge on any atom is 1.00 e. The Morgan fingerprint density at radius 2 is 1.86 bits per heavy atom. The van der Waals surface area contributed by atoms with E-state index >= 15 is 0 Å². The standard InChI is InChI=1S/C15H11F2N3S.ClH/c16-8-5-10-11(6-9(8)17)20-15-13(14(18)19-10)7-3-1-2-4-12(7)21-15;/h1,3,5-6,12H,2,4H2,(H2,18,19);1H. The Kier molecular flexibility index (Phi) is 3.82. The molecule has 3 aliphatic rings. The average molecular weight is 340 g/mol. The monoisotopic (exact) mass is 339 g/mol. The smallest absolute Gasteiger partial charge is 1.00 e. The summed E-state index contributed by atoms with van der Waals surface area (Å²) in [6.45, 7) is 0. The van der Waals surface area contributed by atoms with Crippen molar-refractivity contribution in [1.82, 2.24) is 0 Å². The highest BCUT2D eigenvalue weighted by molar-refractivity contribution is 8.15. The predicted octanol–water partition coefficient (Wildman–Crippen LogP) is 0.876. The van der Waals surface area contributed by atoms with Crippen LogP contribution in [0.1, 0.15) is 14.3 Å². The third-order valence-corrected chi connectivity index (χ3v) is 5.03. The van der Waals surface area contributed by atoms with E-state index in [0.29, 0.717) is 16.8 Å². The van der Waals surface area contributed by atoms with E-state index < -0.39 is 11.6 Å². The molecule has 2 heterocycles. The van der Waals surface area contributed by atoms with Gasteiger partial charge in [-0.15, -0.1) is 0 Å². The second kappa shape index (κ2) is 5.52. The molecule has 0 fully saturated rings. The number of nitrogens with two attached hydrogens (primary N) is 1. The molecule has 2 aliphatic heterocycles. The number of hydrogen-bond donors (Lipinski definition) is 1. The highest BCUT2D eigenvalue weighted by atomic mass is 35.5. The number of thioether (sulfide) groups is 1. The fourth-order valence-corrected chi connectivity index (χ4v) is 4.08. The van der Waals surface area contributed by atoms with E-state index in [1.165, 1.54) is 0 Å². The molecule has 0 amide bonds. The normalized spacial score (nSPS) is 22.0. The van der Waals surface area contributed by atoms with Crippen LogP contribution in [0.3, 0.4) is 0 Å². The predicted molar refractivity (Wildman–Crippen MR) is 82.6 cm³/mol. The summed E-state index contributed by atoms with van der Waals surface area (Å²) in [5.41, 5.74) is 8.57. The first-order valence-electron chi connectivity index (χ1n) is 6.63. The average Bonchev–Trinajstić information content (AvgIpc) is 2.76. The van der Waals surface area contributed by atoms with E-state index in [4.69, 9.17) is 5.73 Å². The molecule has 1 atom stereocenters. The minimum atomic E-state index is -0.946. The third-order valence-electron chi connectivity index (χ3n) is 3.73. The summed E-state index contributed by atoms with van der Waals surface area (Å²) in [4.78, 5) is 8.71. The van der Waals surface area contributed by atoms with Crippen molar-refractivity contribution >= 4 is 34.0 Å². The summed E-state index contributed by atoms with van der Waals surface area (Å²) in [5.74, 6) is -1.56. The maximum absolute atomic E-state index is 13.4. The van der Waals surface area contributed by atoms with E-state index in [-0.39, 0.29) is 19.5 Å². The molecule has 0 spiro atoms. The van der Waals surface area contributed by atoms with Gasteiger partial charge in [0.2, 0.25) is 0 Å². The number of rotatable bonds is 0. The lowest BCUT2D eigenvalue weighted by atomic mass is 9.97. The van der Waals surface area contributed by atoms with Crippen molar-refractivity contribution in [2.24, 2.45) is 15.7 Å². The van der Waals surface area contributed by atoms with E-state index in [2.05, 4.69) is 22.1 Å². The molecule has 114 valence electrons. The first-order chi connectivity index (χ1) is 10.1. The van der Waals surface area contributed by atoms with Crippen LogP contribution < -0.4 is 18.1 Å². The second-order valence-electron chi connectivity index (χ2n) is 5.09. The number of allylic oxidation sites excluding steroid dienone is 2. The van der Waals surface area contributed by atoms with Gasteiger partial charge in [0, 0.05) is 17.4 Å². The van der Waals surface area contributed by atoms with Crippen molar-refractivity contribution in [3.05, 3.63) is 47.1 Å². The molecule has 3 nitrogen and oxygen atoms in total. The van der Waals surface area contributed by atoms with E-state index in [0.717, 1.165) is 41.2 Å². The molecule has 0 aromatic heterocycles. The van der Waals surface area contributed by atoms with Crippen molar-refractivity contribution in [2.75, 3.05) is 0 Å². The van der Waals surface area contributed by atoms with Crippen LogP contribution in [0.2, 0.25) is 0 Å². The number of benzene rings is 1. The van der Waals surface area contributed by atoms with Gasteiger partial charge in [0.05, 0.1) is 16.9 Å². The quantitative estimate of drug-likeness (QED) is 0.763. The van der Waals surface area contributed by atoms with Gasteiger partial charge >= 0.3 is 1.43 Å². The van der Waals surface area contributed by atoms with Gasteiger partial charge in [-0.1, -0.05) is 23.9 Å². The Morgan fingerprint density at radius 3 is 2.59 bits per heavy atom. The summed E-state index contributed by atoms with van der Waals surface area (Å²) in [5, 5.41) is 1.07. The molecular formula is C15H12ClF2N3S. The van der Waals surface area contributed by atoms with E-state index in [1.54, 1.807) is 11.8 Å². The van der Waals surface area contributed by atoms with E-state index in [1.807, 2.05) is 0 Å². The molecule has 4 rings (SSSR count). The molecule has 1 aromatic rings. The van der Waals surface area contributed by atoms with Crippen LogP contribution in [-0.2, 0) is 0 Å². The molecule has 0 bridgehead atoms. The number of halogens is 3. The Hall–Kier alpha value is -1.66. The lowest BCUT2D eigenvalue weighted by Gasteiger charge is -2.14. The summed E-state index contributed by atoms with van der Waals surface area (Å²) in [6, 6.07) is 2.10. The van der Waals surface area contributed by atoms with Gasteiger partial charge in [-0.25, -0.2) is 18.8 Å². The molecule has 2 N–H and O–H groups in total. The number of fused-ring (bicyclic) bond motifs is 3. The third kappa shape index (κ3) is 2.27. The maximum atomic E-state index is 13.4. The number of hydrogen-bond acceptors (Lipinski definition) is 4. The molecule has 22 heavy (non-hydrogen) atoms. The Labute approximate surface area is 138 Å². The lowest BCUT2D eigenvalue weighted by Crippen LogP contribution is -3.00. The summed E-state index contributed by atoms with van der Waals surface area (Å²) in [7, 11) is 0. The van der Waals surface area contributed by atoms with Gasteiger partial charge < -0.3 is 18.1 Å². The molecule has 7 heteroatoms. The number of nitrogens with zero attached hydrogens (tertiary/aromatic N) is 2. The molecule has 1 aromatic carbocycles. The van der Waals surface area contributed by atoms with Crippen molar-refractivity contribution < 1.29 is 22.6 Å². The first-order valence-corrected chi connectivity index (χ1v) is 7.51. The minimum Gasteiger partial charge on any atom is -1.00 e. The van der Waals surface area contributed by atoms with Crippen molar-refractivity contribution in [1.29, 1.82) is 0 Å². The lowest BCUT2D eigenvalue weighted by molar-refractivity contribution is -0.00000528. The van der Waals surface area contributed by atoms with Gasteiger partial charge in [0.25, 0.3) is 0 Å². The van der Waals surface area contributed by atoms with Crippen LogP contribution in [0.5, 0.6) is 0 Å². The fourth-order valence-electron chi connectivity index (χ4n) is 2.74. The van der Waals surface area contributed by atoms with Crippen molar-refractivity contribution in [3.63, 3.8) is 0 Å². The van der Waals surface area contributed by atoms with Crippen molar-refractivity contribution in [2.45, 2.75) is 18.1 Å². The molecular weight excluding hydrogens is 328 g/mol. The van der Waals surface area contributed by atoms with Crippen LogP contribution in [0, 0.1) is 11.6 Å². The summed E-state index contributed by atoms with van der Waals surface area (Å²) >= 11 is 1.62. The zero-order chi connectivity index (χ0) is 14.6. The SMILES string of the molecule is NC1=Nc2cc(F)c(F)cc2N=C2SC3CCC=CC3=C12.[Cl-].[H+]. The van der Waals surface area contributed by atoms with Gasteiger partial charge in [0.1, 0.15) is 10.9 Å².